The van der Waals surface area contributed by atoms with Gasteiger partial charge in [0.25, 0.3) is 0 Å². The molecular weight excluding hydrogens is 220 g/mol. The molecule has 1 aromatic heterocycles. The van der Waals surface area contributed by atoms with Crippen molar-refractivity contribution in [2.75, 3.05) is 11.9 Å². The van der Waals surface area contributed by atoms with E-state index in [4.69, 9.17) is 11.0 Å². The number of aliphatic hydroxyl groups is 1. The summed E-state index contributed by atoms with van der Waals surface area (Å²) in [5.41, 5.74) is 7.21. The average Bonchev–Trinajstić information content (AvgIpc) is 2.24. The van der Waals surface area contributed by atoms with Gasteiger partial charge in [-0.05, 0) is 19.9 Å². The Bertz CT molecular complexity index is 479. The summed E-state index contributed by atoms with van der Waals surface area (Å²) in [6.45, 7) is 3.48. The summed E-state index contributed by atoms with van der Waals surface area (Å²) in [5, 5.41) is 21.0. The van der Waals surface area contributed by atoms with E-state index in [2.05, 4.69) is 10.3 Å². The normalized spacial score (nSPS) is 11.6. The number of pyridine rings is 1. The Morgan fingerprint density at radius 1 is 1.71 bits per heavy atom. The van der Waals surface area contributed by atoms with E-state index in [-0.39, 0.29) is 6.54 Å². The number of nitrogens with two attached hydrogens (primary N) is 1. The summed E-state index contributed by atoms with van der Waals surface area (Å²) in [7, 11) is 0. The van der Waals surface area contributed by atoms with Crippen molar-refractivity contribution in [1.29, 1.82) is 5.26 Å². The Morgan fingerprint density at radius 2 is 2.35 bits per heavy atom. The Labute approximate surface area is 99.1 Å². The minimum Gasteiger partial charge on any atom is -0.381 e. The summed E-state index contributed by atoms with van der Waals surface area (Å²) < 4.78 is 0. The van der Waals surface area contributed by atoms with Gasteiger partial charge in [0.05, 0.1) is 16.9 Å². The number of nitriles is 1. The van der Waals surface area contributed by atoms with Gasteiger partial charge in [0, 0.05) is 12.2 Å². The smallest absolute Gasteiger partial charge is 0.248 e. The maximum absolute atomic E-state index is 10.7. The van der Waals surface area contributed by atoms with Crippen LogP contribution in [0.5, 0.6) is 0 Å². The van der Waals surface area contributed by atoms with Crippen molar-refractivity contribution in [2.45, 2.75) is 20.0 Å². The van der Waals surface area contributed by atoms with Gasteiger partial charge in [-0.3, -0.25) is 9.78 Å². The Balaban J connectivity index is 2.91. The van der Waals surface area contributed by atoms with Gasteiger partial charge in [-0.25, -0.2) is 0 Å². The second kappa shape index (κ2) is 5.27. The molecule has 6 heteroatoms. The van der Waals surface area contributed by atoms with Crippen LogP contribution in [0.15, 0.2) is 6.07 Å². The number of carbonyl (C=O) groups is 1. The fraction of sp³-hybridized carbons (Fsp3) is 0.364. The topological polar surface area (TPSA) is 112 Å². The molecule has 0 aliphatic rings. The van der Waals surface area contributed by atoms with Crippen molar-refractivity contribution in [3.63, 3.8) is 0 Å². The first-order valence-electron chi connectivity index (χ1n) is 5.05. The zero-order valence-electron chi connectivity index (χ0n) is 9.69. The van der Waals surface area contributed by atoms with Crippen LogP contribution in [0.25, 0.3) is 0 Å². The molecule has 0 bridgehead atoms. The van der Waals surface area contributed by atoms with Gasteiger partial charge in [0.15, 0.2) is 0 Å². The zero-order valence-corrected chi connectivity index (χ0v) is 9.69. The third kappa shape index (κ3) is 3.16. The second-order valence-corrected chi connectivity index (χ2v) is 3.68. The molecule has 0 radical (unpaired) electrons. The van der Waals surface area contributed by atoms with Gasteiger partial charge < -0.3 is 16.2 Å². The maximum atomic E-state index is 10.7. The van der Waals surface area contributed by atoms with Crippen LogP contribution < -0.4 is 11.1 Å². The summed E-state index contributed by atoms with van der Waals surface area (Å²) >= 11 is 0. The highest BCUT2D eigenvalue weighted by Gasteiger charge is 2.13. The van der Waals surface area contributed by atoms with E-state index in [0.717, 1.165) is 5.69 Å². The number of nitrogens with zero attached hydrogens (tertiary/aromatic N) is 2. The van der Waals surface area contributed by atoms with Crippen molar-refractivity contribution in [3.05, 3.63) is 23.0 Å². The number of nitrogens with one attached hydrogen (secondary N) is 1. The number of aromatic nitrogens is 1. The molecule has 1 heterocycles. The fourth-order valence-corrected chi connectivity index (χ4v) is 1.42. The maximum Gasteiger partial charge on any atom is 0.248 e. The molecule has 1 amide bonds. The number of anilines is 1. The van der Waals surface area contributed by atoms with Gasteiger partial charge in [0.1, 0.15) is 12.2 Å². The van der Waals surface area contributed by atoms with Crippen LogP contribution in [0.1, 0.15) is 17.0 Å². The van der Waals surface area contributed by atoms with E-state index in [1.807, 2.05) is 6.07 Å². The third-order valence-electron chi connectivity index (χ3n) is 2.25. The predicted molar refractivity (Wildman–Crippen MR) is 62.1 cm³/mol. The molecule has 1 atom stereocenters. The molecule has 17 heavy (non-hydrogen) atoms. The molecule has 0 aromatic carbocycles. The van der Waals surface area contributed by atoms with Crippen molar-refractivity contribution in [1.82, 2.24) is 4.98 Å². The molecule has 0 saturated carbocycles. The van der Waals surface area contributed by atoms with Crippen molar-refractivity contribution >= 4 is 11.6 Å². The van der Waals surface area contributed by atoms with Crippen LogP contribution in [0.3, 0.4) is 0 Å². The first kappa shape index (κ1) is 12.9. The van der Waals surface area contributed by atoms with E-state index in [1.165, 1.54) is 0 Å². The summed E-state index contributed by atoms with van der Waals surface area (Å²) in [5.74, 6) is -0.807. The Hall–Kier alpha value is -2.13. The summed E-state index contributed by atoms with van der Waals surface area (Å²) in [4.78, 5) is 14.8. The van der Waals surface area contributed by atoms with Gasteiger partial charge in [-0.15, -0.1) is 0 Å². The Kier molecular flexibility index (Phi) is 4.01. The van der Waals surface area contributed by atoms with Crippen molar-refractivity contribution < 1.29 is 9.90 Å². The zero-order chi connectivity index (χ0) is 13.0. The van der Waals surface area contributed by atoms with Crippen LogP contribution in [0.4, 0.5) is 5.69 Å². The standard InChI is InChI=1S/C11H14N4O2/c1-6-3-9(8(4-12)7(2)15-6)14-5-10(16)11(13)17/h3,10,16H,5H2,1-2H3,(H2,13,17)(H,14,15). The highest BCUT2D eigenvalue weighted by atomic mass is 16.3. The van der Waals surface area contributed by atoms with Gasteiger partial charge in [-0.1, -0.05) is 0 Å². The van der Waals surface area contributed by atoms with Crippen LogP contribution in [-0.2, 0) is 4.79 Å². The first-order valence-corrected chi connectivity index (χ1v) is 5.05. The molecule has 0 spiro atoms. The predicted octanol–water partition coefficient (Wildman–Crippen LogP) is -0.172. The lowest BCUT2D eigenvalue weighted by Gasteiger charge is -2.12. The molecule has 1 unspecified atom stereocenters. The van der Waals surface area contributed by atoms with Crippen molar-refractivity contribution in [2.24, 2.45) is 5.73 Å². The molecule has 1 rings (SSSR count). The van der Waals surface area contributed by atoms with E-state index in [1.54, 1.807) is 19.9 Å². The SMILES string of the molecule is Cc1cc(NCC(O)C(N)=O)c(C#N)c(C)n1. The molecule has 6 nitrogen and oxygen atoms in total. The van der Waals surface area contributed by atoms with Gasteiger partial charge in [-0.2, -0.15) is 5.26 Å². The minimum atomic E-state index is -1.28. The molecule has 0 aliphatic heterocycles. The summed E-state index contributed by atoms with van der Waals surface area (Å²) in [6.07, 6.45) is -1.28. The highest BCUT2D eigenvalue weighted by Crippen LogP contribution is 2.18. The van der Waals surface area contributed by atoms with E-state index >= 15 is 0 Å². The molecule has 0 aliphatic carbocycles. The van der Waals surface area contributed by atoms with E-state index in [9.17, 15) is 9.90 Å². The Morgan fingerprint density at radius 3 is 2.88 bits per heavy atom. The number of amides is 1. The second-order valence-electron chi connectivity index (χ2n) is 3.68. The fourth-order valence-electron chi connectivity index (χ4n) is 1.42. The molecule has 1 aromatic rings. The molecule has 90 valence electrons. The monoisotopic (exact) mass is 234 g/mol. The molecular formula is C11H14N4O2. The highest BCUT2D eigenvalue weighted by molar-refractivity contribution is 5.79. The quantitative estimate of drug-likeness (QED) is 0.669. The average molecular weight is 234 g/mol. The van der Waals surface area contributed by atoms with Crippen LogP contribution in [0, 0.1) is 25.2 Å². The lowest BCUT2D eigenvalue weighted by atomic mass is 10.1. The number of carbonyl (C=O) groups excluding carboxylic acids is 1. The lowest BCUT2D eigenvalue weighted by molar-refractivity contribution is -0.125. The van der Waals surface area contributed by atoms with E-state index < -0.39 is 12.0 Å². The number of aryl methyl sites for hydroxylation is 2. The lowest BCUT2D eigenvalue weighted by Crippen LogP contribution is -2.34. The van der Waals surface area contributed by atoms with Crippen LogP contribution in [0.2, 0.25) is 0 Å². The van der Waals surface area contributed by atoms with Gasteiger partial charge in [0.2, 0.25) is 5.91 Å². The summed E-state index contributed by atoms with van der Waals surface area (Å²) in [6, 6.07) is 3.70. The van der Waals surface area contributed by atoms with Crippen LogP contribution in [-0.4, -0.2) is 28.6 Å². The molecule has 0 fully saturated rings. The number of rotatable bonds is 4. The van der Waals surface area contributed by atoms with E-state index in [0.29, 0.717) is 16.9 Å². The third-order valence-corrected chi connectivity index (χ3v) is 2.25. The van der Waals surface area contributed by atoms with Crippen LogP contribution >= 0.6 is 0 Å². The number of hydrogen-bond donors (Lipinski definition) is 3. The first-order chi connectivity index (χ1) is 7.95. The molecule has 4 N–H and O–H groups in total. The molecule has 0 saturated heterocycles. The van der Waals surface area contributed by atoms with Crippen molar-refractivity contribution in [3.8, 4) is 6.07 Å². The van der Waals surface area contributed by atoms with Gasteiger partial charge >= 0.3 is 0 Å². The number of primary amides is 1. The minimum absolute atomic E-state index is 0.0348. The number of aliphatic hydroxyl groups excluding tert-OH is 1. The largest absolute Gasteiger partial charge is 0.381 e. The number of hydrogen-bond acceptors (Lipinski definition) is 5.